The summed E-state index contributed by atoms with van der Waals surface area (Å²) < 4.78 is 61.5. The average Bonchev–Trinajstić information content (AvgIpc) is 2.33. The number of alkyl halides is 3. The molecule has 5 nitrogen and oxygen atoms in total. The van der Waals surface area contributed by atoms with E-state index in [-0.39, 0.29) is 16.8 Å². The first kappa shape index (κ1) is 19.1. The molecule has 0 unspecified atom stereocenters. The number of benzene rings is 1. The molecule has 1 aromatic carbocycles. The van der Waals surface area contributed by atoms with E-state index in [4.69, 9.17) is 18.0 Å². The van der Waals surface area contributed by atoms with E-state index in [1.165, 1.54) is 26.0 Å². The summed E-state index contributed by atoms with van der Waals surface area (Å²) in [6, 6.07) is 4.40. The predicted molar refractivity (Wildman–Crippen MR) is 71.7 cm³/mol. The van der Waals surface area contributed by atoms with Crippen molar-refractivity contribution in [3.63, 3.8) is 0 Å². The van der Waals surface area contributed by atoms with Gasteiger partial charge in [-0.3, -0.25) is 0 Å². The summed E-state index contributed by atoms with van der Waals surface area (Å²) in [7, 11) is -2.61. The molecule has 118 valence electrons. The van der Waals surface area contributed by atoms with Crippen LogP contribution in [0, 0.1) is 11.7 Å². The van der Waals surface area contributed by atoms with Crippen LogP contribution in [0.4, 0.5) is 13.2 Å². The number of nitrogens with one attached hydrogen (secondary N) is 1. The number of hydrogen-bond donors (Lipinski definition) is 1. The number of oxime groups is 1. The number of nitrogens with zero attached hydrogens (tertiary/aromatic N) is 1. The van der Waals surface area contributed by atoms with Gasteiger partial charge in [-0.1, -0.05) is 23.4 Å². The Kier molecular flexibility index (Phi) is 7.64. The van der Waals surface area contributed by atoms with E-state index >= 15 is 0 Å². The zero-order valence-corrected chi connectivity index (χ0v) is 12.5. The van der Waals surface area contributed by atoms with Crippen molar-refractivity contribution in [2.24, 2.45) is 5.16 Å². The van der Waals surface area contributed by atoms with Crippen LogP contribution in [0.2, 0.25) is 0 Å². The second-order valence-corrected chi connectivity index (χ2v) is 4.29. The number of rotatable bonds is 3. The molecule has 21 heavy (non-hydrogen) atoms. The summed E-state index contributed by atoms with van der Waals surface area (Å²) in [5, 5.41) is 3.64. The lowest BCUT2D eigenvalue weighted by atomic mass is 9.98. The fraction of sp³-hybridized carbons (Fsp3) is 0.417. The van der Waals surface area contributed by atoms with Gasteiger partial charge < -0.3 is 4.84 Å². The van der Waals surface area contributed by atoms with E-state index in [1.54, 1.807) is 13.0 Å². The van der Waals surface area contributed by atoms with Gasteiger partial charge >= 0.3 is 16.7 Å². The van der Waals surface area contributed by atoms with Crippen LogP contribution in [0.3, 0.4) is 0 Å². The standard InChI is InChI=1S/C12H14F3NO.HNO2S/c1-4-17-16-9(3)10-7-5-6-8(2)11(10)12(13,14)15;1-4(2)3/h5-7H,4H2,1-3H3;1H/b16-9+;. The molecule has 0 saturated carbocycles. The van der Waals surface area contributed by atoms with E-state index in [0.29, 0.717) is 6.61 Å². The van der Waals surface area contributed by atoms with E-state index in [1.807, 2.05) is 0 Å². The molecule has 0 atom stereocenters. The van der Waals surface area contributed by atoms with Gasteiger partial charge in [-0.15, -0.1) is 0 Å². The zero-order chi connectivity index (χ0) is 16.6. The molecule has 0 saturated heterocycles. The highest BCUT2D eigenvalue weighted by Gasteiger charge is 2.35. The Labute approximate surface area is 121 Å². The minimum atomic E-state index is -4.39. The predicted octanol–water partition coefficient (Wildman–Crippen LogP) is 3.40. The van der Waals surface area contributed by atoms with Gasteiger partial charge in [-0.2, -0.15) is 26.4 Å². The molecule has 0 radical (unpaired) electrons. The lowest BCUT2D eigenvalue weighted by Gasteiger charge is -2.15. The maximum absolute atomic E-state index is 12.9. The average molecular weight is 324 g/mol. The van der Waals surface area contributed by atoms with Crippen LogP contribution >= 0.6 is 0 Å². The fourth-order valence-corrected chi connectivity index (χ4v) is 1.56. The van der Waals surface area contributed by atoms with Gasteiger partial charge in [0, 0.05) is 5.56 Å². The van der Waals surface area contributed by atoms with Crippen molar-refractivity contribution in [3.8, 4) is 0 Å². The first-order valence-electron chi connectivity index (χ1n) is 5.75. The van der Waals surface area contributed by atoms with Gasteiger partial charge in [0.2, 0.25) is 0 Å². The first-order valence-corrected chi connectivity index (χ1v) is 6.83. The summed E-state index contributed by atoms with van der Waals surface area (Å²) in [5.41, 5.74) is -0.184. The molecule has 1 rings (SSSR count). The van der Waals surface area contributed by atoms with Crippen LogP contribution in [0.25, 0.3) is 0 Å². The van der Waals surface area contributed by atoms with Crippen molar-refractivity contribution in [2.45, 2.75) is 26.9 Å². The van der Waals surface area contributed by atoms with Crippen molar-refractivity contribution in [2.75, 3.05) is 6.61 Å². The minimum absolute atomic E-state index is 0.0611. The van der Waals surface area contributed by atoms with Gasteiger partial charge in [0.15, 0.2) is 0 Å². The molecule has 0 fully saturated rings. The second-order valence-electron chi connectivity index (χ2n) is 3.82. The van der Waals surface area contributed by atoms with Gasteiger partial charge in [0.1, 0.15) is 6.61 Å². The molecular formula is C12H15F3N2O3S. The summed E-state index contributed by atoms with van der Waals surface area (Å²) >= 11 is 0. The normalized spacial score (nSPS) is 11.4. The van der Waals surface area contributed by atoms with Crippen molar-refractivity contribution in [3.05, 3.63) is 34.9 Å². The molecule has 0 bridgehead atoms. The Hall–Kier alpha value is -1.90. The topological polar surface area (TPSA) is 79.6 Å². The molecule has 0 amide bonds. The minimum Gasteiger partial charge on any atom is -0.396 e. The van der Waals surface area contributed by atoms with Crippen molar-refractivity contribution < 1.29 is 26.4 Å². The van der Waals surface area contributed by atoms with E-state index in [0.717, 1.165) is 0 Å². The van der Waals surface area contributed by atoms with E-state index < -0.39 is 22.2 Å². The number of halogens is 3. The van der Waals surface area contributed by atoms with Crippen LogP contribution < -0.4 is 0 Å². The molecule has 1 aromatic rings. The van der Waals surface area contributed by atoms with Crippen molar-refractivity contribution in [1.82, 2.24) is 0 Å². The molecule has 0 aliphatic heterocycles. The summed E-state index contributed by atoms with van der Waals surface area (Å²) in [5.74, 6) is 0. The highest BCUT2D eigenvalue weighted by molar-refractivity contribution is 7.60. The Bertz CT molecular complexity index is 603. The third-order valence-electron chi connectivity index (χ3n) is 2.28. The fourth-order valence-electron chi connectivity index (χ4n) is 1.56. The van der Waals surface area contributed by atoms with Gasteiger partial charge in [0.25, 0.3) is 0 Å². The molecule has 0 aliphatic rings. The zero-order valence-electron chi connectivity index (χ0n) is 11.7. The summed E-state index contributed by atoms with van der Waals surface area (Å²) in [6.45, 7) is 4.97. The van der Waals surface area contributed by atoms with E-state index in [2.05, 4.69) is 5.16 Å². The first-order chi connectivity index (χ1) is 9.61. The molecule has 0 aliphatic carbocycles. The monoisotopic (exact) mass is 324 g/mol. The highest BCUT2D eigenvalue weighted by atomic mass is 32.2. The molecule has 1 N–H and O–H groups in total. The third-order valence-corrected chi connectivity index (χ3v) is 2.28. The third kappa shape index (κ3) is 6.89. The van der Waals surface area contributed by atoms with Gasteiger partial charge in [-0.25, -0.2) is 0 Å². The molecular weight excluding hydrogens is 309 g/mol. The Morgan fingerprint density at radius 3 is 2.33 bits per heavy atom. The van der Waals surface area contributed by atoms with Crippen LogP contribution in [0.5, 0.6) is 0 Å². The number of hydrogen-bond acceptors (Lipinski definition) is 5. The second kappa shape index (κ2) is 8.40. The molecule has 9 heteroatoms. The van der Waals surface area contributed by atoms with Crippen molar-refractivity contribution >= 4 is 16.2 Å². The molecule has 0 spiro atoms. The van der Waals surface area contributed by atoms with E-state index in [9.17, 15) is 13.2 Å². The largest absolute Gasteiger partial charge is 0.417 e. The maximum atomic E-state index is 12.9. The quantitative estimate of drug-likeness (QED) is 0.683. The lowest BCUT2D eigenvalue weighted by molar-refractivity contribution is -0.138. The molecule has 0 heterocycles. The van der Waals surface area contributed by atoms with Crippen LogP contribution in [-0.2, 0) is 21.5 Å². The SMILES string of the molecule is CCO/N=C(\C)c1cccc(C)c1C(F)(F)F.N=S(=O)=O. The lowest BCUT2D eigenvalue weighted by Crippen LogP contribution is -2.14. The Morgan fingerprint density at radius 1 is 1.38 bits per heavy atom. The summed E-state index contributed by atoms with van der Waals surface area (Å²) in [4.78, 5) is 4.78. The molecule has 0 aromatic heterocycles. The van der Waals surface area contributed by atoms with Crippen LogP contribution in [0.15, 0.2) is 23.4 Å². The smallest absolute Gasteiger partial charge is 0.396 e. The van der Waals surface area contributed by atoms with Crippen molar-refractivity contribution in [1.29, 1.82) is 4.78 Å². The van der Waals surface area contributed by atoms with Gasteiger partial charge in [-0.05, 0) is 26.3 Å². The highest BCUT2D eigenvalue weighted by Crippen LogP contribution is 2.34. The maximum Gasteiger partial charge on any atom is 0.417 e. The van der Waals surface area contributed by atoms with Gasteiger partial charge in [0.05, 0.1) is 11.3 Å². The number of aryl methyl sites for hydroxylation is 1. The Morgan fingerprint density at radius 2 is 1.90 bits per heavy atom. The van der Waals surface area contributed by atoms with Crippen LogP contribution in [-0.4, -0.2) is 20.7 Å². The summed E-state index contributed by atoms with van der Waals surface area (Å²) in [6.07, 6.45) is -4.39. The van der Waals surface area contributed by atoms with Crippen LogP contribution in [0.1, 0.15) is 30.5 Å². The Balaban J connectivity index is 0.000000885.